The van der Waals surface area contributed by atoms with Crippen molar-refractivity contribution >= 4 is 11.1 Å². The predicted molar refractivity (Wildman–Crippen MR) is 60.2 cm³/mol. The van der Waals surface area contributed by atoms with Crippen molar-refractivity contribution in [2.75, 3.05) is 13.2 Å². The van der Waals surface area contributed by atoms with Crippen LogP contribution < -0.4 is 5.73 Å². The van der Waals surface area contributed by atoms with Crippen molar-refractivity contribution in [1.29, 1.82) is 0 Å². The highest BCUT2D eigenvalue weighted by molar-refractivity contribution is 5.73. The number of rotatable bonds is 2. The molecule has 1 aromatic carbocycles. The van der Waals surface area contributed by atoms with Gasteiger partial charge in [0, 0.05) is 6.04 Å². The molecule has 2 aromatic rings. The standard InChI is InChI=1S/C12H14N2O2/c1-8(13)12(5-15-6-12)9-2-3-10-11(4-9)16-7-14-10/h2-4,7-8H,5-6,13H2,1H3. The van der Waals surface area contributed by atoms with E-state index in [9.17, 15) is 0 Å². The maximum absolute atomic E-state index is 6.06. The SMILES string of the molecule is CC(N)C1(c2ccc3ncoc3c2)COC1. The molecule has 1 aliphatic rings. The maximum Gasteiger partial charge on any atom is 0.181 e. The Morgan fingerprint density at radius 1 is 1.44 bits per heavy atom. The van der Waals surface area contributed by atoms with Crippen LogP contribution in [0.3, 0.4) is 0 Å². The van der Waals surface area contributed by atoms with Crippen LogP contribution in [0.5, 0.6) is 0 Å². The van der Waals surface area contributed by atoms with E-state index >= 15 is 0 Å². The first-order valence-corrected chi connectivity index (χ1v) is 5.39. The second-order valence-electron chi connectivity index (χ2n) is 4.47. The van der Waals surface area contributed by atoms with Crippen LogP contribution in [0.25, 0.3) is 11.1 Å². The third-order valence-electron chi connectivity index (χ3n) is 3.50. The number of nitrogens with zero attached hydrogens (tertiary/aromatic N) is 1. The first-order valence-electron chi connectivity index (χ1n) is 5.39. The minimum Gasteiger partial charge on any atom is -0.443 e. The number of nitrogens with two attached hydrogens (primary N) is 1. The Morgan fingerprint density at radius 3 is 2.88 bits per heavy atom. The van der Waals surface area contributed by atoms with Crippen molar-refractivity contribution < 1.29 is 9.15 Å². The van der Waals surface area contributed by atoms with Crippen LogP contribution in [-0.4, -0.2) is 24.2 Å². The third kappa shape index (κ3) is 1.20. The maximum atomic E-state index is 6.06. The van der Waals surface area contributed by atoms with Crippen LogP contribution in [0.15, 0.2) is 29.0 Å². The molecule has 16 heavy (non-hydrogen) atoms. The van der Waals surface area contributed by atoms with Gasteiger partial charge in [-0.15, -0.1) is 0 Å². The molecule has 0 amide bonds. The van der Waals surface area contributed by atoms with Crippen molar-refractivity contribution in [1.82, 2.24) is 4.98 Å². The Hall–Kier alpha value is -1.39. The summed E-state index contributed by atoms with van der Waals surface area (Å²) in [6.07, 6.45) is 1.46. The molecule has 0 aliphatic carbocycles. The van der Waals surface area contributed by atoms with Gasteiger partial charge in [0.05, 0.1) is 18.6 Å². The van der Waals surface area contributed by atoms with Gasteiger partial charge in [0.2, 0.25) is 0 Å². The van der Waals surface area contributed by atoms with Crippen molar-refractivity contribution in [2.24, 2.45) is 5.73 Å². The molecule has 1 saturated heterocycles. The number of hydrogen-bond donors (Lipinski definition) is 1. The topological polar surface area (TPSA) is 61.3 Å². The van der Waals surface area contributed by atoms with E-state index in [0.29, 0.717) is 13.2 Å². The molecule has 1 unspecified atom stereocenters. The average molecular weight is 218 g/mol. The summed E-state index contributed by atoms with van der Waals surface area (Å²) in [5.41, 5.74) is 8.87. The number of aromatic nitrogens is 1. The summed E-state index contributed by atoms with van der Waals surface area (Å²) in [7, 11) is 0. The van der Waals surface area contributed by atoms with Gasteiger partial charge in [-0.2, -0.15) is 0 Å². The number of benzene rings is 1. The van der Waals surface area contributed by atoms with Gasteiger partial charge in [0.1, 0.15) is 5.52 Å². The molecular formula is C12H14N2O2. The van der Waals surface area contributed by atoms with E-state index in [1.807, 2.05) is 19.1 Å². The average Bonchev–Trinajstić information content (AvgIpc) is 2.62. The molecule has 0 spiro atoms. The molecule has 1 aliphatic heterocycles. The fourth-order valence-electron chi connectivity index (χ4n) is 2.18. The van der Waals surface area contributed by atoms with Gasteiger partial charge in [0.25, 0.3) is 0 Å². The molecule has 1 aromatic heterocycles. The lowest BCUT2D eigenvalue weighted by molar-refractivity contribution is -0.0701. The molecule has 0 bridgehead atoms. The van der Waals surface area contributed by atoms with E-state index in [0.717, 1.165) is 11.1 Å². The van der Waals surface area contributed by atoms with Crippen molar-refractivity contribution in [2.45, 2.75) is 18.4 Å². The lowest BCUT2D eigenvalue weighted by Crippen LogP contribution is -2.57. The van der Waals surface area contributed by atoms with E-state index in [2.05, 4.69) is 11.1 Å². The first-order chi connectivity index (χ1) is 7.72. The molecule has 1 fully saturated rings. The molecule has 0 radical (unpaired) electrons. The number of hydrogen-bond acceptors (Lipinski definition) is 4. The quantitative estimate of drug-likeness (QED) is 0.828. The van der Waals surface area contributed by atoms with Crippen LogP contribution in [0, 0.1) is 0 Å². The van der Waals surface area contributed by atoms with Gasteiger partial charge < -0.3 is 14.9 Å². The van der Waals surface area contributed by atoms with Gasteiger partial charge in [-0.1, -0.05) is 6.07 Å². The monoisotopic (exact) mass is 218 g/mol. The summed E-state index contributed by atoms with van der Waals surface area (Å²) in [5, 5.41) is 0. The van der Waals surface area contributed by atoms with E-state index in [1.54, 1.807) is 0 Å². The van der Waals surface area contributed by atoms with Crippen molar-refractivity contribution in [3.63, 3.8) is 0 Å². The van der Waals surface area contributed by atoms with E-state index < -0.39 is 0 Å². The van der Waals surface area contributed by atoms with E-state index in [4.69, 9.17) is 14.9 Å². The van der Waals surface area contributed by atoms with Crippen molar-refractivity contribution in [3.8, 4) is 0 Å². The smallest absolute Gasteiger partial charge is 0.181 e. The molecule has 4 nitrogen and oxygen atoms in total. The van der Waals surface area contributed by atoms with Crippen LogP contribution in [0.2, 0.25) is 0 Å². The molecule has 3 rings (SSSR count). The summed E-state index contributed by atoms with van der Waals surface area (Å²) in [4.78, 5) is 4.10. The van der Waals surface area contributed by atoms with Crippen LogP contribution in [0.1, 0.15) is 12.5 Å². The minimum absolute atomic E-state index is 0.0546. The summed E-state index contributed by atoms with van der Waals surface area (Å²) in [5.74, 6) is 0. The fourth-order valence-corrected chi connectivity index (χ4v) is 2.18. The van der Waals surface area contributed by atoms with E-state index in [1.165, 1.54) is 12.0 Å². The molecule has 1 atom stereocenters. The molecule has 2 N–H and O–H groups in total. The zero-order chi connectivity index (χ0) is 11.2. The Kier molecular flexibility index (Phi) is 2.02. The highest BCUT2D eigenvalue weighted by Crippen LogP contribution is 2.36. The normalized spacial score (nSPS) is 20.6. The Morgan fingerprint density at radius 2 is 2.25 bits per heavy atom. The second-order valence-corrected chi connectivity index (χ2v) is 4.47. The summed E-state index contributed by atoms with van der Waals surface area (Å²) >= 11 is 0. The number of oxazole rings is 1. The number of ether oxygens (including phenoxy) is 1. The lowest BCUT2D eigenvalue weighted by Gasteiger charge is -2.45. The zero-order valence-electron chi connectivity index (χ0n) is 9.14. The molecule has 4 heteroatoms. The fraction of sp³-hybridized carbons (Fsp3) is 0.417. The minimum atomic E-state index is -0.0546. The van der Waals surface area contributed by atoms with Crippen LogP contribution in [-0.2, 0) is 10.2 Å². The second kappa shape index (κ2) is 3.30. The van der Waals surface area contributed by atoms with Crippen molar-refractivity contribution in [3.05, 3.63) is 30.2 Å². The Bertz CT molecular complexity index is 514. The molecular weight excluding hydrogens is 204 g/mol. The molecule has 2 heterocycles. The molecule has 0 saturated carbocycles. The van der Waals surface area contributed by atoms with E-state index in [-0.39, 0.29) is 11.5 Å². The lowest BCUT2D eigenvalue weighted by atomic mass is 9.73. The summed E-state index contributed by atoms with van der Waals surface area (Å²) in [6, 6.07) is 6.13. The van der Waals surface area contributed by atoms with Gasteiger partial charge in [-0.05, 0) is 24.6 Å². The summed E-state index contributed by atoms with van der Waals surface area (Å²) in [6.45, 7) is 3.39. The zero-order valence-corrected chi connectivity index (χ0v) is 9.14. The third-order valence-corrected chi connectivity index (χ3v) is 3.50. The summed E-state index contributed by atoms with van der Waals surface area (Å²) < 4.78 is 10.6. The molecule has 84 valence electrons. The largest absolute Gasteiger partial charge is 0.443 e. The highest BCUT2D eigenvalue weighted by atomic mass is 16.5. The van der Waals surface area contributed by atoms with Crippen LogP contribution in [0.4, 0.5) is 0 Å². The Labute approximate surface area is 93.4 Å². The predicted octanol–water partition coefficient (Wildman–Crippen LogP) is 1.44. The van der Waals surface area contributed by atoms with Gasteiger partial charge in [-0.3, -0.25) is 0 Å². The van der Waals surface area contributed by atoms with Gasteiger partial charge >= 0.3 is 0 Å². The highest BCUT2D eigenvalue weighted by Gasteiger charge is 2.43. The Balaban J connectivity index is 2.10. The van der Waals surface area contributed by atoms with Crippen LogP contribution >= 0.6 is 0 Å². The van der Waals surface area contributed by atoms with Gasteiger partial charge in [0.15, 0.2) is 12.0 Å². The first kappa shape index (κ1) is 9.81. The number of fused-ring (bicyclic) bond motifs is 1. The van der Waals surface area contributed by atoms with Gasteiger partial charge in [-0.25, -0.2) is 4.98 Å².